The van der Waals surface area contributed by atoms with Crippen LogP contribution in [0, 0.1) is 6.92 Å². The molecule has 2 aromatic carbocycles. The smallest absolute Gasteiger partial charge is 0.244 e. The van der Waals surface area contributed by atoms with E-state index in [1.165, 1.54) is 18.9 Å². The van der Waals surface area contributed by atoms with Gasteiger partial charge in [-0.25, -0.2) is 8.42 Å². The lowest BCUT2D eigenvalue weighted by molar-refractivity contribution is -0.140. The maximum atomic E-state index is 13.6. The predicted molar refractivity (Wildman–Crippen MR) is 129 cm³/mol. The van der Waals surface area contributed by atoms with Crippen molar-refractivity contribution in [3.8, 4) is 11.5 Å². The molecule has 1 N–H and O–H groups in total. The number of hydrogen-bond donors (Lipinski definition) is 1. The van der Waals surface area contributed by atoms with Gasteiger partial charge in [-0.05, 0) is 38.0 Å². The number of carbonyl (C=O) groups is 2. The normalized spacial score (nSPS) is 13.3. The Morgan fingerprint density at radius 3 is 2.35 bits per heavy atom. The van der Waals surface area contributed by atoms with E-state index in [0.29, 0.717) is 23.6 Å². The summed E-state index contributed by atoms with van der Waals surface area (Å²) in [5.74, 6) is -0.0638. The fourth-order valence-electron chi connectivity index (χ4n) is 3.74. The van der Waals surface area contributed by atoms with Gasteiger partial charge in [0, 0.05) is 19.7 Å². The van der Waals surface area contributed by atoms with Crippen molar-refractivity contribution in [2.75, 3.05) is 30.4 Å². The van der Waals surface area contributed by atoms with Gasteiger partial charge in [0.2, 0.25) is 28.6 Å². The van der Waals surface area contributed by atoms with Crippen LogP contribution in [0.3, 0.4) is 0 Å². The van der Waals surface area contributed by atoms with Gasteiger partial charge in [0.15, 0.2) is 11.5 Å². The number of likely N-dealkylation sites (N-methyl/N-ethyl adjacent to an activating group) is 1. The zero-order chi connectivity index (χ0) is 24.9. The SMILES string of the molecule is CC[C@H](C(=O)NC)N(Cc1ccc(C)cc1)C(=O)CN(c1ccc2c(c1)OCO2)S(=O)(=O)CC. The molecular formula is C24H31N3O6S. The first-order chi connectivity index (χ1) is 16.2. The number of aryl methyl sites for hydroxylation is 1. The van der Waals surface area contributed by atoms with Crippen LogP contribution >= 0.6 is 0 Å². The summed E-state index contributed by atoms with van der Waals surface area (Å²) in [6, 6.07) is 11.6. The van der Waals surface area contributed by atoms with Gasteiger partial charge in [-0.3, -0.25) is 13.9 Å². The molecule has 0 spiro atoms. The Balaban J connectivity index is 1.96. The molecule has 9 nitrogen and oxygen atoms in total. The van der Waals surface area contributed by atoms with Crippen molar-refractivity contribution in [3.05, 3.63) is 53.6 Å². The minimum atomic E-state index is -3.81. The fourth-order valence-corrected chi connectivity index (χ4v) is 4.79. The number of ether oxygens (including phenoxy) is 2. The molecule has 0 radical (unpaired) electrons. The molecule has 0 bridgehead atoms. The van der Waals surface area contributed by atoms with E-state index in [9.17, 15) is 18.0 Å². The Labute approximate surface area is 200 Å². The van der Waals surface area contributed by atoms with Crippen LogP contribution in [0.5, 0.6) is 11.5 Å². The lowest BCUT2D eigenvalue weighted by Gasteiger charge is -2.33. The summed E-state index contributed by atoms with van der Waals surface area (Å²) in [6.45, 7) is 5.07. The third-order valence-corrected chi connectivity index (χ3v) is 7.47. The monoisotopic (exact) mass is 489 g/mol. The van der Waals surface area contributed by atoms with Crippen molar-refractivity contribution in [3.63, 3.8) is 0 Å². The maximum absolute atomic E-state index is 13.6. The van der Waals surface area contributed by atoms with Gasteiger partial charge >= 0.3 is 0 Å². The quantitative estimate of drug-likeness (QED) is 0.550. The second-order valence-electron chi connectivity index (χ2n) is 7.99. The number of sulfonamides is 1. The summed E-state index contributed by atoms with van der Waals surface area (Å²) in [5.41, 5.74) is 2.21. The minimum absolute atomic E-state index is 0.0485. The largest absolute Gasteiger partial charge is 0.454 e. The van der Waals surface area contributed by atoms with E-state index < -0.39 is 28.5 Å². The number of hydrogen-bond acceptors (Lipinski definition) is 6. The number of anilines is 1. The lowest BCUT2D eigenvalue weighted by Crippen LogP contribution is -2.52. The Morgan fingerprint density at radius 2 is 1.74 bits per heavy atom. The number of fused-ring (bicyclic) bond motifs is 1. The first-order valence-corrected chi connectivity index (χ1v) is 12.8. The summed E-state index contributed by atoms with van der Waals surface area (Å²) in [5, 5.41) is 2.61. The topological polar surface area (TPSA) is 105 Å². The van der Waals surface area contributed by atoms with E-state index >= 15 is 0 Å². The molecule has 0 saturated heterocycles. The van der Waals surface area contributed by atoms with Crippen molar-refractivity contribution in [2.45, 2.75) is 39.8 Å². The molecule has 1 aliphatic heterocycles. The van der Waals surface area contributed by atoms with Gasteiger partial charge in [-0.2, -0.15) is 0 Å². The Bertz CT molecular complexity index is 1130. The molecule has 0 unspecified atom stereocenters. The second-order valence-corrected chi connectivity index (χ2v) is 10.2. The Kier molecular flexibility index (Phi) is 8.03. The van der Waals surface area contributed by atoms with Crippen molar-refractivity contribution in [1.82, 2.24) is 10.2 Å². The average molecular weight is 490 g/mol. The number of benzene rings is 2. The van der Waals surface area contributed by atoms with Gasteiger partial charge in [-0.15, -0.1) is 0 Å². The number of amides is 2. The van der Waals surface area contributed by atoms with Crippen molar-refractivity contribution < 1.29 is 27.5 Å². The van der Waals surface area contributed by atoms with Gasteiger partial charge in [0.05, 0.1) is 11.4 Å². The van der Waals surface area contributed by atoms with Crippen molar-refractivity contribution in [1.29, 1.82) is 0 Å². The maximum Gasteiger partial charge on any atom is 0.244 e. The first-order valence-electron chi connectivity index (χ1n) is 11.2. The highest BCUT2D eigenvalue weighted by Gasteiger charge is 2.32. The molecule has 1 atom stereocenters. The van der Waals surface area contributed by atoms with Gasteiger partial charge in [0.1, 0.15) is 12.6 Å². The third kappa shape index (κ3) is 5.61. The highest BCUT2D eigenvalue weighted by Crippen LogP contribution is 2.36. The Hall–Kier alpha value is -3.27. The van der Waals surface area contributed by atoms with Crippen LogP contribution < -0.4 is 19.1 Å². The molecule has 1 heterocycles. The summed E-state index contributed by atoms with van der Waals surface area (Å²) < 4.78 is 37.7. The minimum Gasteiger partial charge on any atom is -0.454 e. The van der Waals surface area contributed by atoms with Crippen molar-refractivity contribution >= 4 is 27.5 Å². The van der Waals surface area contributed by atoms with E-state index in [4.69, 9.17) is 9.47 Å². The predicted octanol–water partition coefficient (Wildman–Crippen LogP) is 2.43. The molecule has 0 aromatic heterocycles. The second kappa shape index (κ2) is 10.8. The van der Waals surface area contributed by atoms with Crippen LogP contribution in [0.2, 0.25) is 0 Å². The zero-order valence-corrected chi connectivity index (χ0v) is 20.7. The standard InChI is InChI=1S/C24H31N3O6S/c1-5-20(24(29)25-4)26(14-18-9-7-17(3)8-10-18)23(28)15-27(34(30,31)6-2)19-11-12-21-22(13-19)33-16-32-21/h7-13,20H,5-6,14-16H2,1-4H3,(H,25,29)/t20-/m1/s1. The van der Waals surface area contributed by atoms with E-state index in [-0.39, 0.29) is 25.0 Å². The summed E-state index contributed by atoms with van der Waals surface area (Å²) in [4.78, 5) is 27.6. The molecule has 184 valence electrons. The van der Waals surface area contributed by atoms with Gasteiger partial charge < -0.3 is 19.7 Å². The summed E-state index contributed by atoms with van der Waals surface area (Å²) in [7, 11) is -2.29. The van der Waals surface area contributed by atoms with Crippen molar-refractivity contribution in [2.24, 2.45) is 0 Å². The summed E-state index contributed by atoms with van der Waals surface area (Å²) >= 11 is 0. The van der Waals surface area contributed by atoms with E-state index in [0.717, 1.165) is 15.4 Å². The molecule has 10 heteroatoms. The molecule has 34 heavy (non-hydrogen) atoms. The first kappa shape index (κ1) is 25.4. The Morgan fingerprint density at radius 1 is 1.06 bits per heavy atom. The average Bonchev–Trinajstić information content (AvgIpc) is 3.31. The molecule has 2 aromatic rings. The van der Waals surface area contributed by atoms with Gasteiger partial charge in [0.25, 0.3) is 0 Å². The van der Waals surface area contributed by atoms with Crippen LogP contribution in [0.15, 0.2) is 42.5 Å². The van der Waals surface area contributed by atoms with Crippen LogP contribution in [-0.4, -0.2) is 57.3 Å². The highest BCUT2D eigenvalue weighted by atomic mass is 32.2. The summed E-state index contributed by atoms with van der Waals surface area (Å²) in [6.07, 6.45) is 0.377. The van der Waals surface area contributed by atoms with Crippen LogP contribution in [0.4, 0.5) is 5.69 Å². The number of nitrogens with zero attached hydrogens (tertiary/aromatic N) is 2. The highest BCUT2D eigenvalue weighted by molar-refractivity contribution is 7.92. The number of nitrogens with one attached hydrogen (secondary N) is 1. The van der Waals surface area contributed by atoms with E-state index in [1.54, 1.807) is 18.2 Å². The fraction of sp³-hybridized carbons (Fsp3) is 0.417. The molecule has 3 rings (SSSR count). The number of rotatable bonds is 10. The van der Waals surface area contributed by atoms with Crippen LogP contribution in [-0.2, 0) is 26.2 Å². The van der Waals surface area contributed by atoms with Crippen LogP contribution in [0.25, 0.3) is 0 Å². The van der Waals surface area contributed by atoms with E-state index in [1.807, 2.05) is 38.1 Å². The van der Waals surface area contributed by atoms with Gasteiger partial charge in [-0.1, -0.05) is 36.8 Å². The molecule has 0 saturated carbocycles. The number of carbonyl (C=O) groups excluding carboxylic acids is 2. The molecule has 0 fully saturated rings. The lowest BCUT2D eigenvalue weighted by atomic mass is 10.1. The molecule has 2 amide bonds. The third-order valence-electron chi connectivity index (χ3n) is 5.73. The molecule has 1 aliphatic rings. The molecule has 0 aliphatic carbocycles. The van der Waals surface area contributed by atoms with E-state index in [2.05, 4.69) is 5.32 Å². The van der Waals surface area contributed by atoms with Crippen LogP contribution in [0.1, 0.15) is 31.4 Å². The molecular weight excluding hydrogens is 458 g/mol. The zero-order valence-electron chi connectivity index (χ0n) is 19.9.